The van der Waals surface area contributed by atoms with Crippen LogP contribution < -0.4 is 10.0 Å². The minimum Gasteiger partial charge on any atom is -0.314 e. The van der Waals surface area contributed by atoms with Crippen LogP contribution in [0.15, 0.2) is 77.2 Å². The van der Waals surface area contributed by atoms with Crippen LogP contribution in [0, 0.1) is 23.4 Å². The van der Waals surface area contributed by atoms with Crippen LogP contribution in [0.2, 0.25) is 0 Å². The Bertz CT molecular complexity index is 1330. The normalized spacial score (nSPS) is 19.5. The third kappa shape index (κ3) is 11.7. The third-order valence-corrected chi connectivity index (χ3v) is 9.53. The minimum absolute atomic E-state index is 0.114. The van der Waals surface area contributed by atoms with Gasteiger partial charge < -0.3 is 5.32 Å². The number of fused-ring (bicyclic) bond motifs is 1. The van der Waals surface area contributed by atoms with Gasteiger partial charge in [0.15, 0.2) is 4.90 Å². The van der Waals surface area contributed by atoms with Crippen molar-refractivity contribution in [2.24, 2.45) is 5.92 Å². The summed E-state index contributed by atoms with van der Waals surface area (Å²) in [6.45, 7) is 9.50. The number of allylic oxidation sites excluding steroid dienone is 6. The largest absolute Gasteiger partial charge is 0.314 e. The van der Waals surface area contributed by atoms with Crippen molar-refractivity contribution < 1.29 is 21.6 Å². The molecule has 0 aromatic heterocycles. The van der Waals surface area contributed by atoms with E-state index in [1.54, 1.807) is 12.1 Å². The molecular formula is C36H51F3N2O2S. The molecule has 0 bridgehead atoms. The van der Waals surface area contributed by atoms with Gasteiger partial charge in [-0.25, -0.2) is 26.3 Å². The zero-order valence-electron chi connectivity index (χ0n) is 27.0. The van der Waals surface area contributed by atoms with Gasteiger partial charge in [0.05, 0.1) is 0 Å². The van der Waals surface area contributed by atoms with Crippen molar-refractivity contribution >= 4 is 10.0 Å². The second-order valence-corrected chi connectivity index (χ2v) is 13.0. The van der Waals surface area contributed by atoms with E-state index in [4.69, 9.17) is 0 Å². The van der Waals surface area contributed by atoms with E-state index in [0.717, 1.165) is 63.4 Å². The number of nitrogens with one attached hydrogen (secondary N) is 2. The fraction of sp³-hybridized carbons (Fsp3) is 0.500. The Labute approximate surface area is 264 Å². The highest BCUT2D eigenvalue weighted by Gasteiger charge is 2.29. The molecule has 0 radical (unpaired) electrons. The molecule has 244 valence electrons. The van der Waals surface area contributed by atoms with Crippen LogP contribution in [0.4, 0.5) is 13.2 Å². The molecule has 2 aromatic rings. The first kappa shape index (κ1) is 37.5. The van der Waals surface area contributed by atoms with Gasteiger partial charge in [0.1, 0.15) is 17.5 Å². The number of hydrogen-bond acceptors (Lipinski definition) is 3. The van der Waals surface area contributed by atoms with Gasteiger partial charge in [0.2, 0.25) is 10.0 Å². The van der Waals surface area contributed by atoms with Gasteiger partial charge in [-0.05, 0) is 80.6 Å². The average Bonchev–Trinajstić information content (AvgIpc) is 3.29. The molecule has 3 aliphatic rings. The Hall–Kier alpha value is -2.68. The maximum atomic E-state index is 13.5. The molecule has 8 heteroatoms. The number of hydrogen-bond donors (Lipinski definition) is 2. The lowest BCUT2D eigenvalue weighted by Crippen LogP contribution is -2.38. The summed E-state index contributed by atoms with van der Waals surface area (Å²) in [5, 5.41) is 3.63. The second-order valence-electron chi connectivity index (χ2n) is 11.2. The summed E-state index contributed by atoms with van der Waals surface area (Å²) in [7, 11) is -2.97. The molecular weight excluding hydrogens is 581 g/mol. The summed E-state index contributed by atoms with van der Waals surface area (Å²) >= 11 is 0. The number of benzene rings is 2. The van der Waals surface area contributed by atoms with Crippen molar-refractivity contribution in [2.75, 3.05) is 13.6 Å². The Balaban J connectivity index is 0.000000258. The molecule has 2 atom stereocenters. The maximum Gasteiger partial charge on any atom is 0.246 e. The Morgan fingerprint density at radius 2 is 1.61 bits per heavy atom. The highest BCUT2D eigenvalue weighted by Crippen LogP contribution is 2.37. The fourth-order valence-electron chi connectivity index (χ4n) is 5.82. The number of sulfonamides is 1. The second kappa shape index (κ2) is 19.7. The van der Waals surface area contributed by atoms with Crippen LogP contribution in [0.5, 0.6) is 0 Å². The standard InChI is InChI=1S/C20H24FN.C7H7F2NO2S.C7H14.C2H6/c1-2-22-20-12-9-16-14-17(21)10-11-18(16)19(20)13-15-7-5-3-4-6-8-15;1-10-13(11,12)7-5(8)3-2-4-6(7)9;1-7-5-3-2-4-6-7;1-2/h3-5,7-8,10-11,14,19-20,22H,2,6,9,12-13H2,1H3;2-4,10H,1H3;7H,2-6H2,1H3;1-2H3. The summed E-state index contributed by atoms with van der Waals surface area (Å²) in [5.74, 6) is -0.854. The number of rotatable bonds is 6. The van der Waals surface area contributed by atoms with Gasteiger partial charge in [-0.1, -0.05) is 108 Å². The number of halogens is 3. The summed E-state index contributed by atoms with van der Waals surface area (Å²) < 4.78 is 63.2. The van der Waals surface area contributed by atoms with Crippen LogP contribution in [0.25, 0.3) is 0 Å². The van der Waals surface area contributed by atoms with E-state index in [1.165, 1.54) is 48.8 Å². The molecule has 0 aliphatic heterocycles. The van der Waals surface area contributed by atoms with Crippen molar-refractivity contribution in [1.82, 2.24) is 10.0 Å². The predicted molar refractivity (Wildman–Crippen MR) is 177 cm³/mol. The zero-order valence-corrected chi connectivity index (χ0v) is 27.8. The van der Waals surface area contributed by atoms with Gasteiger partial charge in [-0.2, -0.15) is 0 Å². The minimum atomic E-state index is -4.06. The van der Waals surface area contributed by atoms with Crippen molar-refractivity contribution in [2.45, 2.75) is 102 Å². The molecule has 2 N–H and O–H groups in total. The molecule has 0 amide bonds. The molecule has 0 heterocycles. The lowest BCUT2D eigenvalue weighted by Gasteiger charge is -2.34. The molecule has 44 heavy (non-hydrogen) atoms. The van der Waals surface area contributed by atoms with Crippen molar-refractivity contribution in [3.8, 4) is 0 Å². The topological polar surface area (TPSA) is 58.2 Å². The van der Waals surface area contributed by atoms with E-state index in [1.807, 2.05) is 24.6 Å². The Morgan fingerprint density at radius 1 is 0.932 bits per heavy atom. The monoisotopic (exact) mass is 632 g/mol. The number of aryl methyl sites for hydroxylation is 1. The molecule has 1 saturated carbocycles. The van der Waals surface area contributed by atoms with E-state index in [-0.39, 0.29) is 5.82 Å². The van der Waals surface area contributed by atoms with Crippen LogP contribution in [0.3, 0.4) is 0 Å². The molecule has 0 saturated heterocycles. The molecule has 3 aliphatic carbocycles. The third-order valence-electron chi connectivity index (χ3n) is 8.06. The average molecular weight is 633 g/mol. The van der Waals surface area contributed by atoms with Gasteiger partial charge in [0, 0.05) is 12.0 Å². The Kier molecular flexibility index (Phi) is 16.8. The van der Waals surface area contributed by atoms with Gasteiger partial charge in [0.25, 0.3) is 0 Å². The molecule has 4 nitrogen and oxygen atoms in total. The van der Waals surface area contributed by atoms with E-state index in [2.05, 4.69) is 49.5 Å². The highest BCUT2D eigenvalue weighted by atomic mass is 32.2. The zero-order chi connectivity index (χ0) is 32.5. The molecule has 0 spiro atoms. The predicted octanol–water partition coefficient (Wildman–Crippen LogP) is 9.15. The SMILES string of the molecule is CC.CC1CCCCC1.CCNC1CCc2cc(F)ccc2C1CC1=CCC=CC=C1.CNS(=O)(=O)c1c(F)cccc1F. The lowest BCUT2D eigenvalue weighted by molar-refractivity contribution is 0.385. The molecule has 2 unspecified atom stereocenters. The first-order valence-electron chi connectivity index (χ1n) is 16.1. The van der Waals surface area contributed by atoms with E-state index >= 15 is 0 Å². The fourth-order valence-corrected chi connectivity index (χ4v) is 6.67. The molecule has 5 rings (SSSR count). The summed E-state index contributed by atoms with van der Waals surface area (Å²) in [6, 6.07) is 8.67. The maximum absolute atomic E-state index is 13.5. The highest BCUT2D eigenvalue weighted by molar-refractivity contribution is 7.89. The van der Waals surface area contributed by atoms with Crippen LogP contribution in [-0.4, -0.2) is 28.1 Å². The number of likely N-dealkylation sites (N-methyl/N-ethyl adjacent to an activating group) is 1. The lowest BCUT2D eigenvalue weighted by atomic mass is 9.76. The van der Waals surface area contributed by atoms with Gasteiger partial charge in [-0.3, -0.25) is 0 Å². The van der Waals surface area contributed by atoms with E-state index < -0.39 is 26.6 Å². The molecule has 1 fully saturated rings. The van der Waals surface area contributed by atoms with Crippen molar-refractivity contribution in [1.29, 1.82) is 0 Å². The molecule has 2 aromatic carbocycles. The van der Waals surface area contributed by atoms with Gasteiger partial charge >= 0.3 is 0 Å². The van der Waals surface area contributed by atoms with Crippen LogP contribution in [0.1, 0.15) is 96.1 Å². The van der Waals surface area contributed by atoms with Crippen molar-refractivity contribution in [3.63, 3.8) is 0 Å². The van der Waals surface area contributed by atoms with Crippen LogP contribution >= 0.6 is 0 Å². The van der Waals surface area contributed by atoms with Crippen molar-refractivity contribution in [3.05, 3.63) is 101 Å². The van der Waals surface area contributed by atoms with E-state index in [0.29, 0.717) is 12.0 Å². The van der Waals surface area contributed by atoms with E-state index in [9.17, 15) is 21.6 Å². The van der Waals surface area contributed by atoms with Gasteiger partial charge in [-0.15, -0.1) is 0 Å². The first-order valence-corrected chi connectivity index (χ1v) is 17.6. The first-order chi connectivity index (χ1) is 21.2. The summed E-state index contributed by atoms with van der Waals surface area (Å²) in [6.07, 6.45) is 22.4. The smallest absolute Gasteiger partial charge is 0.246 e. The summed E-state index contributed by atoms with van der Waals surface area (Å²) in [5.41, 5.74) is 3.90. The quantitative estimate of drug-likeness (QED) is 0.334. The Morgan fingerprint density at radius 3 is 2.20 bits per heavy atom. The summed E-state index contributed by atoms with van der Waals surface area (Å²) in [4.78, 5) is -0.947. The van der Waals surface area contributed by atoms with Crippen LogP contribution in [-0.2, 0) is 16.4 Å².